The molecule has 0 spiro atoms. The van der Waals surface area contributed by atoms with Gasteiger partial charge in [-0.05, 0) is 67.3 Å². The van der Waals surface area contributed by atoms with E-state index in [9.17, 15) is 17.6 Å². The lowest BCUT2D eigenvalue weighted by Gasteiger charge is -2.33. The average Bonchev–Trinajstić information content (AvgIpc) is 3.22. The highest BCUT2D eigenvalue weighted by atomic mass is 19.2. The molecule has 5 rings (SSSR count). The first-order chi connectivity index (χ1) is 15.5. The van der Waals surface area contributed by atoms with Crippen molar-refractivity contribution in [1.82, 2.24) is 15.0 Å². The number of imidazole rings is 1. The number of pyridine rings is 1. The first-order valence-electron chi connectivity index (χ1n) is 10.6. The Balaban J connectivity index is 1.38. The van der Waals surface area contributed by atoms with Crippen LogP contribution in [0.2, 0.25) is 0 Å². The second-order valence-corrected chi connectivity index (χ2v) is 8.33. The van der Waals surface area contributed by atoms with Gasteiger partial charge in [-0.15, -0.1) is 0 Å². The maximum Gasteiger partial charge on any atom is 0.196 e. The molecule has 1 saturated carbocycles. The van der Waals surface area contributed by atoms with Crippen LogP contribution >= 0.6 is 0 Å². The first-order valence-corrected chi connectivity index (χ1v) is 10.6. The van der Waals surface area contributed by atoms with Gasteiger partial charge in [0.2, 0.25) is 0 Å². The van der Waals surface area contributed by atoms with E-state index in [0.29, 0.717) is 5.82 Å². The van der Waals surface area contributed by atoms with Gasteiger partial charge in [0.05, 0.1) is 11.0 Å². The Morgan fingerprint density at radius 3 is 2.50 bits per heavy atom. The molecule has 0 amide bonds. The predicted molar refractivity (Wildman–Crippen MR) is 112 cm³/mol. The van der Waals surface area contributed by atoms with Crippen LogP contribution in [0.5, 0.6) is 0 Å². The summed E-state index contributed by atoms with van der Waals surface area (Å²) in [6, 6.07) is 7.46. The molecule has 4 nitrogen and oxygen atoms in total. The number of hydrogen-bond donors (Lipinski definition) is 1. The fraction of sp³-hybridized carbons (Fsp3) is 0.333. The molecule has 1 aliphatic carbocycles. The maximum atomic E-state index is 14.1. The number of methoxy groups -OCH3 is 1. The number of aromatic nitrogens is 3. The average molecular weight is 443 g/mol. The Morgan fingerprint density at radius 1 is 0.969 bits per heavy atom. The standard InChI is InChI=1S/C24H21F4N3O/c1-32-23(24-30-19-11-17(26)20(27)21(28)22(19)31-24)13-4-2-12(3-5-13)15-8-9-29-18-7-6-14(25)10-16(15)18/h6-13,23H,2-5H2,1H3,(H,30,31). The summed E-state index contributed by atoms with van der Waals surface area (Å²) in [6.45, 7) is 0. The molecule has 1 aliphatic rings. The molecule has 1 atom stereocenters. The van der Waals surface area contributed by atoms with Crippen LogP contribution in [-0.4, -0.2) is 22.1 Å². The molecule has 1 unspecified atom stereocenters. The summed E-state index contributed by atoms with van der Waals surface area (Å²) in [7, 11) is 1.54. The fourth-order valence-electron chi connectivity index (χ4n) is 4.97. The molecule has 1 fully saturated rings. The van der Waals surface area contributed by atoms with Crippen LogP contribution in [0.3, 0.4) is 0 Å². The van der Waals surface area contributed by atoms with E-state index in [0.717, 1.165) is 48.2 Å². The zero-order chi connectivity index (χ0) is 22.4. The van der Waals surface area contributed by atoms with Crippen molar-refractivity contribution in [3.63, 3.8) is 0 Å². The van der Waals surface area contributed by atoms with Crippen LogP contribution in [0, 0.1) is 29.2 Å². The van der Waals surface area contributed by atoms with Crippen molar-refractivity contribution in [2.24, 2.45) is 5.92 Å². The van der Waals surface area contributed by atoms with Crippen LogP contribution in [-0.2, 0) is 4.74 Å². The largest absolute Gasteiger partial charge is 0.373 e. The summed E-state index contributed by atoms with van der Waals surface area (Å²) >= 11 is 0. The third-order valence-electron chi connectivity index (χ3n) is 6.54. The molecule has 4 aromatic rings. The van der Waals surface area contributed by atoms with Crippen molar-refractivity contribution < 1.29 is 22.3 Å². The summed E-state index contributed by atoms with van der Waals surface area (Å²) in [5, 5.41) is 0.830. The Morgan fingerprint density at radius 2 is 1.75 bits per heavy atom. The molecular weight excluding hydrogens is 422 g/mol. The fourth-order valence-corrected chi connectivity index (χ4v) is 4.97. The molecule has 0 aliphatic heterocycles. The predicted octanol–water partition coefficient (Wildman–Crippen LogP) is 6.33. The third kappa shape index (κ3) is 3.52. The van der Waals surface area contributed by atoms with Gasteiger partial charge in [-0.2, -0.15) is 0 Å². The van der Waals surface area contributed by atoms with Crippen molar-refractivity contribution in [3.05, 3.63) is 71.2 Å². The Bertz CT molecular complexity index is 1300. The number of benzene rings is 2. The highest BCUT2D eigenvalue weighted by Gasteiger charge is 2.32. The summed E-state index contributed by atoms with van der Waals surface area (Å²) in [5.41, 5.74) is 1.71. The second-order valence-electron chi connectivity index (χ2n) is 8.33. The monoisotopic (exact) mass is 443 g/mol. The molecule has 166 valence electrons. The molecule has 32 heavy (non-hydrogen) atoms. The van der Waals surface area contributed by atoms with E-state index in [-0.39, 0.29) is 28.7 Å². The zero-order valence-electron chi connectivity index (χ0n) is 17.3. The minimum absolute atomic E-state index is 0.0254. The number of ether oxygens (including phenoxy) is 1. The molecule has 1 N–H and O–H groups in total. The number of H-pyrrole nitrogens is 1. The lowest BCUT2D eigenvalue weighted by Crippen LogP contribution is -2.22. The van der Waals surface area contributed by atoms with Crippen LogP contribution in [0.15, 0.2) is 36.5 Å². The second kappa shape index (κ2) is 8.16. The van der Waals surface area contributed by atoms with Crippen molar-refractivity contribution >= 4 is 21.9 Å². The topological polar surface area (TPSA) is 50.8 Å². The Kier molecular flexibility index (Phi) is 5.33. The van der Waals surface area contributed by atoms with Crippen LogP contribution in [0.4, 0.5) is 17.6 Å². The number of aromatic amines is 1. The van der Waals surface area contributed by atoms with E-state index in [4.69, 9.17) is 4.74 Å². The van der Waals surface area contributed by atoms with Gasteiger partial charge in [0.1, 0.15) is 23.3 Å². The van der Waals surface area contributed by atoms with Crippen molar-refractivity contribution in [3.8, 4) is 0 Å². The molecule has 0 saturated heterocycles. The SMILES string of the molecule is COC(c1nc2cc(F)c(F)c(F)c2[nH]1)C1CCC(c2ccnc3ccc(F)cc23)CC1. The van der Waals surface area contributed by atoms with Crippen molar-refractivity contribution in [2.75, 3.05) is 7.11 Å². The minimum atomic E-state index is -1.52. The summed E-state index contributed by atoms with van der Waals surface area (Å²) in [6.07, 6.45) is 4.63. The zero-order valence-corrected chi connectivity index (χ0v) is 17.3. The first kappa shape index (κ1) is 20.9. The highest BCUT2D eigenvalue weighted by molar-refractivity contribution is 5.82. The van der Waals surface area contributed by atoms with Gasteiger partial charge in [0, 0.05) is 24.8 Å². The molecule has 0 bridgehead atoms. The van der Waals surface area contributed by atoms with Crippen LogP contribution in [0.1, 0.15) is 49.1 Å². The lowest BCUT2D eigenvalue weighted by molar-refractivity contribution is 0.0274. The quantitative estimate of drug-likeness (QED) is 0.296. The maximum absolute atomic E-state index is 14.1. The normalized spacial score (nSPS) is 20.2. The van der Waals surface area contributed by atoms with Crippen molar-refractivity contribution in [1.29, 1.82) is 0 Å². The van der Waals surface area contributed by atoms with Gasteiger partial charge in [-0.1, -0.05) is 0 Å². The van der Waals surface area contributed by atoms with E-state index in [1.807, 2.05) is 6.07 Å². The number of halogens is 4. The Hall–Kier alpha value is -3.00. The lowest BCUT2D eigenvalue weighted by atomic mass is 9.76. The number of hydrogen-bond acceptors (Lipinski definition) is 3. The summed E-state index contributed by atoms with van der Waals surface area (Å²) in [4.78, 5) is 11.4. The Labute approximate surface area is 181 Å². The van der Waals surface area contributed by atoms with E-state index >= 15 is 0 Å². The van der Waals surface area contributed by atoms with Gasteiger partial charge in [-0.3, -0.25) is 4.98 Å². The summed E-state index contributed by atoms with van der Waals surface area (Å²) < 4.78 is 60.8. The van der Waals surface area contributed by atoms with E-state index in [2.05, 4.69) is 15.0 Å². The van der Waals surface area contributed by atoms with Gasteiger partial charge in [0.25, 0.3) is 0 Å². The van der Waals surface area contributed by atoms with Gasteiger partial charge in [-0.25, -0.2) is 22.5 Å². The number of fused-ring (bicyclic) bond motifs is 2. The molecule has 2 aromatic carbocycles. The summed E-state index contributed by atoms with van der Waals surface area (Å²) in [5.74, 6) is -3.66. The van der Waals surface area contributed by atoms with Gasteiger partial charge in [0.15, 0.2) is 17.5 Å². The van der Waals surface area contributed by atoms with Gasteiger partial charge >= 0.3 is 0 Å². The smallest absolute Gasteiger partial charge is 0.196 e. The van der Waals surface area contributed by atoms with Crippen LogP contribution in [0.25, 0.3) is 21.9 Å². The van der Waals surface area contributed by atoms with E-state index in [1.54, 1.807) is 19.4 Å². The molecule has 2 heterocycles. The number of nitrogens with one attached hydrogen (secondary N) is 1. The third-order valence-corrected chi connectivity index (χ3v) is 6.54. The highest BCUT2D eigenvalue weighted by Crippen LogP contribution is 2.43. The number of rotatable bonds is 4. The number of nitrogens with zero attached hydrogens (tertiary/aromatic N) is 2. The minimum Gasteiger partial charge on any atom is -0.373 e. The van der Waals surface area contributed by atoms with E-state index < -0.39 is 23.6 Å². The van der Waals surface area contributed by atoms with Gasteiger partial charge < -0.3 is 9.72 Å². The molecule has 2 aromatic heterocycles. The van der Waals surface area contributed by atoms with Crippen molar-refractivity contribution in [2.45, 2.75) is 37.7 Å². The molecule has 8 heteroatoms. The molecule has 0 radical (unpaired) electrons. The van der Waals surface area contributed by atoms with E-state index in [1.165, 1.54) is 12.1 Å². The van der Waals surface area contributed by atoms with Crippen LogP contribution < -0.4 is 0 Å². The molecular formula is C24H21F4N3O.